The summed E-state index contributed by atoms with van der Waals surface area (Å²) in [4.78, 5) is 23.2. The number of carbonyl (C=O) groups excluding carboxylic acids is 2. The van der Waals surface area contributed by atoms with E-state index in [9.17, 15) is 9.59 Å². The molecule has 1 atom stereocenters. The maximum atomic E-state index is 12.3. The first-order valence-corrected chi connectivity index (χ1v) is 7.58. The summed E-state index contributed by atoms with van der Waals surface area (Å²) in [7, 11) is 0. The number of nitrogens with one attached hydrogen (secondary N) is 2. The van der Waals surface area contributed by atoms with E-state index in [1.54, 1.807) is 18.3 Å². The van der Waals surface area contributed by atoms with Crippen LogP contribution in [-0.4, -0.2) is 18.2 Å². The lowest BCUT2D eigenvalue weighted by Crippen LogP contribution is -2.35. The lowest BCUT2D eigenvalue weighted by Gasteiger charge is -2.13. The van der Waals surface area contributed by atoms with Gasteiger partial charge in [-0.05, 0) is 30.2 Å². The molecule has 118 valence electrons. The Kier molecular flexibility index (Phi) is 6.12. The third kappa shape index (κ3) is 4.81. The summed E-state index contributed by atoms with van der Waals surface area (Å²) in [5.74, 6) is -0.264. The van der Waals surface area contributed by atoms with Crippen molar-refractivity contribution in [2.45, 2.75) is 19.4 Å². The first-order chi connectivity index (χ1) is 11.2. The summed E-state index contributed by atoms with van der Waals surface area (Å²) in [5.41, 5.74) is 2.26. The van der Waals surface area contributed by atoms with Gasteiger partial charge in [0.15, 0.2) is 0 Å². The smallest absolute Gasteiger partial charge is 0.253 e. The van der Waals surface area contributed by atoms with Gasteiger partial charge in [0.1, 0.15) is 6.29 Å². The van der Waals surface area contributed by atoms with Crippen LogP contribution in [0, 0.1) is 0 Å². The number of hydrogen-bond acceptors (Lipinski definition) is 3. The number of para-hydroxylation sites is 1. The SMILES string of the molecule is CCC(C=O)NC(=O)c1ccccc1NC=Cc1ccccc1. The number of benzene rings is 2. The lowest BCUT2D eigenvalue weighted by atomic mass is 10.1. The van der Waals surface area contributed by atoms with Crippen LogP contribution in [0.4, 0.5) is 5.69 Å². The van der Waals surface area contributed by atoms with Crippen molar-refractivity contribution in [2.24, 2.45) is 0 Å². The first kappa shape index (κ1) is 16.5. The minimum atomic E-state index is -0.463. The monoisotopic (exact) mass is 308 g/mol. The minimum absolute atomic E-state index is 0.264. The Morgan fingerprint density at radius 2 is 1.78 bits per heavy atom. The van der Waals surface area contributed by atoms with Gasteiger partial charge >= 0.3 is 0 Å². The van der Waals surface area contributed by atoms with E-state index in [1.165, 1.54) is 0 Å². The molecule has 0 fully saturated rings. The molecule has 0 saturated carbocycles. The molecule has 0 aliphatic rings. The van der Waals surface area contributed by atoms with E-state index >= 15 is 0 Å². The van der Waals surface area contributed by atoms with Crippen molar-refractivity contribution in [3.05, 3.63) is 71.9 Å². The molecule has 2 aromatic rings. The summed E-state index contributed by atoms with van der Waals surface area (Å²) < 4.78 is 0. The van der Waals surface area contributed by atoms with Crippen molar-refractivity contribution in [1.29, 1.82) is 0 Å². The predicted molar refractivity (Wildman–Crippen MR) is 93.1 cm³/mol. The van der Waals surface area contributed by atoms with E-state index in [2.05, 4.69) is 10.6 Å². The highest BCUT2D eigenvalue weighted by Crippen LogP contribution is 2.15. The molecule has 0 spiro atoms. The van der Waals surface area contributed by atoms with Crippen molar-refractivity contribution < 1.29 is 9.59 Å². The summed E-state index contributed by atoms with van der Waals surface area (Å²) in [6.07, 6.45) is 5.04. The van der Waals surface area contributed by atoms with Crippen LogP contribution in [0.2, 0.25) is 0 Å². The minimum Gasteiger partial charge on any atom is -0.361 e. The Balaban J connectivity index is 2.09. The van der Waals surface area contributed by atoms with E-state index in [-0.39, 0.29) is 5.91 Å². The number of anilines is 1. The Morgan fingerprint density at radius 3 is 2.48 bits per heavy atom. The summed E-state index contributed by atoms with van der Waals surface area (Å²) in [5, 5.41) is 5.83. The van der Waals surface area contributed by atoms with Crippen LogP contribution in [0.3, 0.4) is 0 Å². The average Bonchev–Trinajstić information content (AvgIpc) is 2.61. The van der Waals surface area contributed by atoms with Gasteiger partial charge in [0.25, 0.3) is 5.91 Å². The maximum Gasteiger partial charge on any atom is 0.253 e. The quantitative estimate of drug-likeness (QED) is 0.770. The van der Waals surface area contributed by atoms with E-state index in [0.29, 0.717) is 17.7 Å². The molecule has 1 amide bonds. The third-order valence-electron chi connectivity index (χ3n) is 3.41. The van der Waals surface area contributed by atoms with Gasteiger partial charge in [-0.25, -0.2) is 0 Å². The highest BCUT2D eigenvalue weighted by atomic mass is 16.2. The van der Waals surface area contributed by atoms with E-state index in [0.717, 1.165) is 11.8 Å². The zero-order valence-corrected chi connectivity index (χ0v) is 13.0. The molecule has 1 unspecified atom stereocenters. The molecule has 2 rings (SSSR count). The van der Waals surface area contributed by atoms with Gasteiger partial charge in [-0.15, -0.1) is 0 Å². The molecular formula is C19H20N2O2. The number of carbonyl (C=O) groups is 2. The molecular weight excluding hydrogens is 288 g/mol. The predicted octanol–water partition coefficient (Wildman–Crippen LogP) is 3.48. The average molecular weight is 308 g/mol. The standard InChI is InChI=1S/C19H20N2O2/c1-2-16(14-22)21-19(23)17-10-6-7-11-18(17)20-13-12-15-8-4-3-5-9-15/h3-14,16,20H,2H2,1H3,(H,21,23). The van der Waals surface area contributed by atoms with Crippen LogP contribution < -0.4 is 10.6 Å². The second kappa shape index (κ2) is 8.54. The van der Waals surface area contributed by atoms with Crippen LogP contribution in [0.5, 0.6) is 0 Å². The molecule has 2 N–H and O–H groups in total. The highest BCUT2D eigenvalue weighted by molar-refractivity contribution is 6.00. The molecule has 4 nitrogen and oxygen atoms in total. The summed E-state index contributed by atoms with van der Waals surface area (Å²) in [6.45, 7) is 1.85. The topological polar surface area (TPSA) is 58.2 Å². The zero-order valence-electron chi connectivity index (χ0n) is 13.0. The van der Waals surface area contributed by atoms with Gasteiger partial charge in [-0.1, -0.05) is 49.4 Å². The largest absolute Gasteiger partial charge is 0.361 e. The summed E-state index contributed by atoms with van der Waals surface area (Å²) in [6, 6.07) is 16.6. The Bertz CT molecular complexity index is 681. The van der Waals surface area contributed by atoms with Crippen molar-refractivity contribution in [1.82, 2.24) is 5.32 Å². The third-order valence-corrected chi connectivity index (χ3v) is 3.41. The highest BCUT2D eigenvalue weighted by Gasteiger charge is 2.13. The Hall–Kier alpha value is -2.88. The van der Waals surface area contributed by atoms with Crippen molar-refractivity contribution in [2.75, 3.05) is 5.32 Å². The second-order valence-corrected chi connectivity index (χ2v) is 5.06. The normalized spacial score (nSPS) is 11.9. The molecule has 0 radical (unpaired) electrons. The molecule has 0 aliphatic heterocycles. The van der Waals surface area contributed by atoms with E-state index < -0.39 is 6.04 Å². The Morgan fingerprint density at radius 1 is 1.09 bits per heavy atom. The van der Waals surface area contributed by atoms with Gasteiger partial charge in [-0.2, -0.15) is 0 Å². The van der Waals surface area contributed by atoms with E-state index in [4.69, 9.17) is 0 Å². The lowest BCUT2D eigenvalue weighted by molar-refractivity contribution is -0.109. The second-order valence-electron chi connectivity index (χ2n) is 5.06. The van der Waals surface area contributed by atoms with Crippen LogP contribution in [0.15, 0.2) is 60.8 Å². The van der Waals surface area contributed by atoms with Crippen LogP contribution in [0.25, 0.3) is 6.08 Å². The molecule has 0 bridgehead atoms. The van der Waals surface area contributed by atoms with E-state index in [1.807, 2.05) is 55.5 Å². The van der Waals surface area contributed by atoms with Crippen molar-refractivity contribution >= 4 is 24.0 Å². The molecule has 4 heteroatoms. The van der Waals surface area contributed by atoms with Gasteiger partial charge < -0.3 is 15.4 Å². The first-order valence-electron chi connectivity index (χ1n) is 7.58. The summed E-state index contributed by atoms with van der Waals surface area (Å²) >= 11 is 0. The number of amides is 1. The molecule has 0 aromatic heterocycles. The van der Waals surface area contributed by atoms with Crippen molar-refractivity contribution in [3.63, 3.8) is 0 Å². The Labute approximate surface area is 136 Å². The molecule has 0 heterocycles. The molecule has 0 saturated heterocycles. The van der Waals surface area contributed by atoms with Gasteiger partial charge in [0.2, 0.25) is 0 Å². The number of hydrogen-bond donors (Lipinski definition) is 2. The van der Waals surface area contributed by atoms with Crippen LogP contribution >= 0.6 is 0 Å². The molecule has 0 aliphatic carbocycles. The van der Waals surface area contributed by atoms with Gasteiger partial charge in [0.05, 0.1) is 17.3 Å². The van der Waals surface area contributed by atoms with Crippen LogP contribution in [-0.2, 0) is 4.79 Å². The fourth-order valence-electron chi connectivity index (χ4n) is 2.08. The number of rotatable bonds is 7. The van der Waals surface area contributed by atoms with Crippen LogP contribution in [0.1, 0.15) is 29.3 Å². The van der Waals surface area contributed by atoms with Crippen molar-refractivity contribution in [3.8, 4) is 0 Å². The zero-order chi connectivity index (χ0) is 16.5. The fourth-order valence-corrected chi connectivity index (χ4v) is 2.08. The molecule has 2 aromatic carbocycles. The maximum absolute atomic E-state index is 12.3. The fraction of sp³-hybridized carbons (Fsp3) is 0.158. The van der Waals surface area contributed by atoms with Gasteiger partial charge in [0, 0.05) is 6.20 Å². The van der Waals surface area contributed by atoms with Gasteiger partial charge in [-0.3, -0.25) is 4.79 Å². The number of aldehydes is 1. The molecule has 23 heavy (non-hydrogen) atoms.